The first-order valence-corrected chi connectivity index (χ1v) is 6.13. The second-order valence-corrected chi connectivity index (χ2v) is 4.70. The first-order chi connectivity index (χ1) is 8.00. The van der Waals surface area contributed by atoms with Crippen molar-refractivity contribution in [2.24, 2.45) is 0 Å². The van der Waals surface area contributed by atoms with E-state index in [4.69, 9.17) is 0 Å². The molecule has 0 atom stereocenters. The third-order valence-corrected chi connectivity index (χ3v) is 2.72. The molecule has 3 nitrogen and oxygen atoms in total. The SMILES string of the molecule is CC(C)N(CCNc1cccc(F)n1)C(C)C. The van der Waals surface area contributed by atoms with Crippen molar-refractivity contribution < 1.29 is 4.39 Å². The monoisotopic (exact) mass is 239 g/mol. The van der Waals surface area contributed by atoms with Gasteiger partial charge in [-0.2, -0.15) is 4.39 Å². The van der Waals surface area contributed by atoms with Gasteiger partial charge in [-0.1, -0.05) is 6.07 Å². The van der Waals surface area contributed by atoms with E-state index in [9.17, 15) is 4.39 Å². The predicted molar refractivity (Wildman–Crippen MR) is 69.7 cm³/mol. The third kappa shape index (κ3) is 4.69. The molecular weight excluding hydrogens is 217 g/mol. The molecule has 1 heterocycles. The second kappa shape index (κ2) is 6.55. The van der Waals surface area contributed by atoms with Crippen molar-refractivity contribution in [2.45, 2.75) is 39.8 Å². The molecule has 0 aliphatic heterocycles. The number of rotatable bonds is 6. The highest BCUT2D eigenvalue weighted by Gasteiger charge is 2.12. The smallest absolute Gasteiger partial charge is 0.214 e. The van der Waals surface area contributed by atoms with Gasteiger partial charge in [0.2, 0.25) is 5.95 Å². The summed E-state index contributed by atoms with van der Waals surface area (Å²) in [6, 6.07) is 5.81. The van der Waals surface area contributed by atoms with Crippen LogP contribution in [-0.4, -0.2) is 35.1 Å². The lowest BCUT2D eigenvalue weighted by atomic mass is 10.2. The fourth-order valence-electron chi connectivity index (χ4n) is 1.93. The van der Waals surface area contributed by atoms with E-state index in [1.165, 1.54) is 6.07 Å². The Labute approximate surface area is 103 Å². The minimum Gasteiger partial charge on any atom is -0.369 e. The Bertz CT molecular complexity index is 331. The lowest BCUT2D eigenvalue weighted by molar-refractivity contribution is 0.182. The van der Waals surface area contributed by atoms with Crippen molar-refractivity contribution >= 4 is 5.82 Å². The molecule has 0 fully saturated rings. The molecule has 1 rings (SSSR count). The fraction of sp³-hybridized carbons (Fsp3) is 0.615. The molecule has 0 aliphatic carbocycles. The largest absolute Gasteiger partial charge is 0.369 e. The number of hydrogen-bond acceptors (Lipinski definition) is 3. The van der Waals surface area contributed by atoms with Crippen LogP contribution in [0.15, 0.2) is 18.2 Å². The molecule has 17 heavy (non-hydrogen) atoms. The Morgan fingerprint density at radius 1 is 1.24 bits per heavy atom. The van der Waals surface area contributed by atoms with E-state index in [-0.39, 0.29) is 0 Å². The van der Waals surface area contributed by atoms with Crippen LogP contribution in [-0.2, 0) is 0 Å². The van der Waals surface area contributed by atoms with Crippen LogP contribution in [0.3, 0.4) is 0 Å². The maximum Gasteiger partial charge on any atom is 0.214 e. The van der Waals surface area contributed by atoms with Gasteiger partial charge in [0, 0.05) is 25.2 Å². The average Bonchev–Trinajstić information content (AvgIpc) is 2.23. The van der Waals surface area contributed by atoms with E-state index in [2.05, 4.69) is 42.9 Å². The van der Waals surface area contributed by atoms with Crippen molar-refractivity contribution in [3.8, 4) is 0 Å². The van der Waals surface area contributed by atoms with E-state index in [0.29, 0.717) is 17.9 Å². The number of nitrogens with zero attached hydrogens (tertiary/aromatic N) is 2. The summed E-state index contributed by atoms with van der Waals surface area (Å²) >= 11 is 0. The maximum absolute atomic E-state index is 12.8. The highest BCUT2D eigenvalue weighted by atomic mass is 19.1. The molecule has 0 bridgehead atoms. The van der Waals surface area contributed by atoms with E-state index in [1.54, 1.807) is 12.1 Å². The topological polar surface area (TPSA) is 28.2 Å². The summed E-state index contributed by atoms with van der Waals surface area (Å²) in [5, 5.41) is 3.13. The second-order valence-electron chi connectivity index (χ2n) is 4.70. The van der Waals surface area contributed by atoms with Crippen molar-refractivity contribution in [3.63, 3.8) is 0 Å². The number of pyridine rings is 1. The minimum atomic E-state index is -0.445. The van der Waals surface area contributed by atoms with Gasteiger partial charge < -0.3 is 5.32 Å². The lowest BCUT2D eigenvalue weighted by Crippen LogP contribution is -2.40. The van der Waals surface area contributed by atoms with Crippen LogP contribution in [0.2, 0.25) is 0 Å². The Kier molecular flexibility index (Phi) is 5.35. The van der Waals surface area contributed by atoms with Gasteiger partial charge in [0.25, 0.3) is 0 Å². The summed E-state index contributed by atoms with van der Waals surface area (Å²) in [5.74, 6) is 0.150. The normalized spacial score (nSPS) is 11.5. The van der Waals surface area contributed by atoms with Gasteiger partial charge >= 0.3 is 0 Å². The third-order valence-electron chi connectivity index (χ3n) is 2.72. The standard InChI is InChI=1S/C13H22FN3/c1-10(2)17(11(3)4)9-8-15-13-7-5-6-12(14)16-13/h5-7,10-11H,8-9H2,1-4H3,(H,15,16). The van der Waals surface area contributed by atoms with Gasteiger partial charge in [-0.15, -0.1) is 0 Å². The summed E-state index contributed by atoms with van der Waals surface area (Å²) in [6.07, 6.45) is 0. The van der Waals surface area contributed by atoms with Crippen LogP contribution in [0.4, 0.5) is 10.2 Å². The quantitative estimate of drug-likeness (QED) is 0.774. The molecule has 1 N–H and O–H groups in total. The van der Waals surface area contributed by atoms with E-state index < -0.39 is 5.95 Å². The Hall–Kier alpha value is -1.16. The Balaban J connectivity index is 2.41. The molecule has 96 valence electrons. The highest BCUT2D eigenvalue weighted by molar-refractivity contribution is 5.33. The summed E-state index contributed by atoms with van der Waals surface area (Å²) in [6.45, 7) is 10.4. The molecule has 4 heteroatoms. The van der Waals surface area contributed by atoms with Crippen LogP contribution in [0.25, 0.3) is 0 Å². The molecule has 0 unspecified atom stereocenters. The van der Waals surface area contributed by atoms with Gasteiger partial charge in [-0.05, 0) is 39.8 Å². The van der Waals surface area contributed by atoms with Gasteiger partial charge in [0.05, 0.1) is 0 Å². The number of aromatic nitrogens is 1. The van der Waals surface area contributed by atoms with Crippen LogP contribution in [0.5, 0.6) is 0 Å². The first-order valence-electron chi connectivity index (χ1n) is 6.13. The van der Waals surface area contributed by atoms with Crippen molar-refractivity contribution in [1.29, 1.82) is 0 Å². The summed E-state index contributed by atoms with van der Waals surface area (Å²) in [5.41, 5.74) is 0. The van der Waals surface area contributed by atoms with Gasteiger partial charge in [-0.25, -0.2) is 4.98 Å². The summed E-state index contributed by atoms with van der Waals surface area (Å²) < 4.78 is 12.8. The van der Waals surface area contributed by atoms with Gasteiger partial charge in [0.1, 0.15) is 5.82 Å². The van der Waals surface area contributed by atoms with Crippen molar-refractivity contribution in [1.82, 2.24) is 9.88 Å². The molecule has 0 radical (unpaired) electrons. The molecule has 0 saturated heterocycles. The number of nitrogens with one attached hydrogen (secondary N) is 1. The highest BCUT2D eigenvalue weighted by Crippen LogP contribution is 2.06. The first kappa shape index (κ1) is 13.9. The summed E-state index contributed by atoms with van der Waals surface area (Å²) in [4.78, 5) is 6.14. The molecule has 1 aromatic heterocycles. The molecular formula is C13H22FN3. The summed E-state index contributed by atoms with van der Waals surface area (Å²) in [7, 11) is 0. The van der Waals surface area contributed by atoms with E-state index >= 15 is 0 Å². The molecule has 0 saturated carbocycles. The lowest BCUT2D eigenvalue weighted by Gasteiger charge is -2.30. The average molecular weight is 239 g/mol. The zero-order valence-electron chi connectivity index (χ0n) is 11.1. The zero-order valence-corrected chi connectivity index (χ0v) is 11.1. The molecule has 0 aromatic carbocycles. The van der Waals surface area contributed by atoms with E-state index in [0.717, 1.165) is 13.1 Å². The molecule has 1 aromatic rings. The Morgan fingerprint density at radius 3 is 2.41 bits per heavy atom. The molecule has 0 spiro atoms. The molecule has 0 aliphatic rings. The van der Waals surface area contributed by atoms with Crippen molar-refractivity contribution in [2.75, 3.05) is 18.4 Å². The maximum atomic E-state index is 12.8. The van der Waals surface area contributed by atoms with Gasteiger partial charge in [-0.3, -0.25) is 4.90 Å². The van der Waals surface area contributed by atoms with Crippen LogP contribution >= 0.6 is 0 Å². The predicted octanol–water partition coefficient (Wildman–Crippen LogP) is 2.75. The zero-order chi connectivity index (χ0) is 12.8. The fourth-order valence-corrected chi connectivity index (χ4v) is 1.93. The van der Waals surface area contributed by atoms with Crippen molar-refractivity contribution in [3.05, 3.63) is 24.1 Å². The van der Waals surface area contributed by atoms with Crippen LogP contribution in [0, 0.1) is 5.95 Å². The number of hydrogen-bond donors (Lipinski definition) is 1. The Morgan fingerprint density at radius 2 is 1.88 bits per heavy atom. The van der Waals surface area contributed by atoms with E-state index in [1.807, 2.05) is 0 Å². The van der Waals surface area contributed by atoms with Gasteiger partial charge in [0.15, 0.2) is 0 Å². The number of anilines is 1. The number of halogens is 1. The van der Waals surface area contributed by atoms with Crippen LogP contribution in [0.1, 0.15) is 27.7 Å². The van der Waals surface area contributed by atoms with Crippen LogP contribution < -0.4 is 5.32 Å². The molecule has 0 amide bonds. The minimum absolute atomic E-state index is 0.445.